The van der Waals surface area contributed by atoms with Crippen LogP contribution >= 0.6 is 0 Å². The molecule has 3 aromatic rings. The molecule has 0 fully saturated rings. The van der Waals surface area contributed by atoms with E-state index in [9.17, 15) is 4.39 Å². The standard InChI is InChI=1S/C15H14FN2/c1-17-13-8-3-4-9-14(13)18(2)15(17)11-6-5-7-12(16)10-11/h3-10H,1-2H3/q+1. The Morgan fingerprint density at radius 2 is 1.83 bits per heavy atom. The highest BCUT2D eigenvalue weighted by atomic mass is 19.1. The predicted molar refractivity (Wildman–Crippen MR) is 69.5 cm³/mol. The zero-order valence-corrected chi connectivity index (χ0v) is 10.4. The first-order valence-electron chi connectivity index (χ1n) is 5.88. The molecule has 0 spiro atoms. The van der Waals surface area contributed by atoms with Crippen LogP contribution in [0.4, 0.5) is 4.39 Å². The molecule has 2 aromatic carbocycles. The molecule has 3 rings (SSSR count). The second-order valence-electron chi connectivity index (χ2n) is 4.44. The van der Waals surface area contributed by atoms with Crippen molar-refractivity contribution in [3.05, 3.63) is 54.3 Å². The second kappa shape index (κ2) is 3.95. The number of imidazole rings is 1. The summed E-state index contributed by atoms with van der Waals surface area (Å²) in [5.74, 6) is 0.786. The van der Waals surface area contributed by atoms with E-state index in [1.54, 1.807) is 12.1 Å². The van der Waals surface area contributed by atoms with Gasteiger partial charge in [-0.1, -0.05) is 18.2 Å². The van der Waals surface area contributed by atoms with Gasteiger partial charge in [-0.15, -0.1) is 0 Å². The summed E-state index contributed by atoms with van der Waals surface area (Å²) in [6.07, 6.45) is 0. The fourth-order valence-electron chi connectivity index (χ4n) is 2.50. The lowest BCUT2D eigenvalue weighted by molar-refractivity contribution is -0.634. The van der Waals surface area contributed by atoms with Crippen LogP contribution in [-0.4, -0.2) is 4.57 Å². The minimum absolute atomic E-state index is 0.210. The molecule has 0 saturated carbocycles. The first-order valence-corrected chi connectivity index (χ1v) is 5.88. The average molecular weight is 241 g/mol. The third-order valence-electron chi connectivity index (χ3n) is 3.32. The summed E-state index contributed by atoms with van der Waals surface area (Å²) in [6, 6.07) is 14.9. The molecule has 3 heteroatoms. The smallest absolute Gasteiger partial charge is 0.226 e. The largest absolute Gasteiger partial charge is 0.289 e. The maximum absolute atomic E-state index is 13.4. The van der Waals surface area contributed by atoms with Crippen molar-refractivity contribution in [3.63, 3.8) is 0 Å². The molecular formula is C15H14FN2+. The number of benzene rings is 2. The van der Waals surface area contributed by atoms with Crippen molar-refractivity contribution in [2.45, 2.75) is 0 Å². The summed E-state index contributed by atoms with van der Waals surface area (Å²) < 4.78 is 17.5. The predicted octanol–water partition coefficient (Wildman–Crippen LogP) is 2.81. The summed E-state index contributed by atoms with van der Waals surface area (Å²) in [4.78, 5) is 0. The van der Waals surface area contributed by atoms with Gasteiger partial charge in [-0.25, -0.2) is 13.5 Å². The molecule has 90 valence electrons. The highest BCUT2D eigenvalue weighted by Gasteiger charge is 2.21. The molecule has 0 atom stereocenters. The van der Waals surface area contributed by atoms with Crippen LogP contribution in [0.1, 0.15) is 0 Å². The monoisotopic (exact) mass is 241 g/mol. The molecule has 0 radical (unpaired) electrons. The lowest BCUT2D eigenvalue weighted by Gasteiger charge is -1.98. The Balaban J connectivity index is 2.36. The van der Waals surface area contributed by atoms with Gasteiger partial charge in [-0.05, 0) is 30.3 Å². The average Bonchev–Trinajstić information content (AvgIpc) is 2.63. The van der Waals surface area contributed by atoms with Gasteiger partial charge in [0, 0.05) is 0 Å². The van der Waals surface area contributed by atoms with Crippen LogP contribution in [0, 0.1) is 5.82 Å². The molecule has 0 aliphatic carbocycles. The van der Waals surface area contributed by atoms with Gasteiger partial charge in [0.1, 0.15) is 5.82 Å². The molecule has 0 unspecified atom stereocenters. The van der Waals surface area contributed by atoms with Crippen molar-refractivity contribution in [1.29, 1.82) is 0 Å². The van der Waals surface area contributed by atoms with E-state index in [0.29, 0.717) is 0 Å². The molecule has 0 amide bonds. The van der Waals surface area contributed by atoms with E-state index in [0.717, 1.165) is 22.4 Å². The Bertz CT molecular complexity index is 689. The zero-order valence-electron chi connectivity index (χ0n) is 10.4. The van der Waals surface area contributed by atoms with Gasteiger partial charge in [0.15, 0.2) is 11.0 Å². The molecule has 0 aliphatic rings. The van der Waals surface area contributed by atoms with Crippen LogP contribution in [0.3, 0.4) is 0 Å². The molecule has 1 aromatic heterocycles. The number of hydrogen-bond donors (Lipinski definition) is 0. The van der Waals surface area contributed by atoms with Crippen molar-refractivity contribution in [2.24, 2.45) is 14.1 Å². The van der Waals surface area contributed by atoms with Gasteiger partial charge >= 0.3 is 0 Å². The van der Waals surface area contributed by atoms with Crippen LogP contribution < -0.4 is 4.57 Å². The molecular weight excluding hydrogens is 227 g/mol. The summed E-state index contributed by atoms with van der Waals surface area (Å²) in [7, 11) is 4.01. The Morgan fingerprint density at radius 3 is 2.56 bits per heavy atom. The van der Waals surface area contributed by atoms with Gasteiger partial charge in [0.05, 0.1) is 19.7 Å². The van der Waals surface area contributed by atoms with E-state index in [4.69, 9.17) is 0 Å². The van der Waals surface area contributed by atoms with Crippen LogP contribution in [0.25, 0.3) is 22.4 Å². The van der Waals surface area contributed by atoms with Gasteiger partial charge < -0.3 is 0 Å². The number of fused-ring (bicyclic) bond motifs is 1. The van der Waals surface area contributed by atoms with Crippen molar-refractivity contribution in [1.82, 2.24) is 4.57 Å². The normalized spacial score (nSPS) is 11.1. The minimum Gasteiger partial charge on any atom is -0.226 e. The van der Waals surface area contributed by atoms with E-state index in [-0.39, 0.29) is 5.82 Å². The van der Waals surface area contributed by atoms with Gasteiger partial charge in [-0.3, -0.25) is 0 Å². The molecule has 0 saturated heterocycles. The Morgan fingerprint density at radius 1 is 1.06 bits per heavy atom. The van der Waals surface area contributed by atoms with Crippen LogP contribution in [0.5, 0.6) is 0 Å². The molecule has 18 heavy (non-hydrogen) atoms. The summed E-state index contributed by atoms with van der Waals surface area (Å²) in [5.41, 5.74) is 3.16. The number of aryl methyl sites for hydroxylation is 2. The van der Waals surface area contributed by atoms with E-state index < -0.39 is 0 Å². The highest BCUT2D eigenvalue weighted by Crippen LogP contribution is 2.21. The minimum atomic E-state index is -0.210. The van der Waals surface area contributed by atoms with E-state index in [1.807, 2.05) is 32.3 Å². The lowest BCUT2D eigenvalue weighted by Crippen LogP contribution is -2.29. The van der Waals surface area contributed by atoms with Crippen molar-refractivity contribution < 1.29 is 8.96 Å². The van der Waals surface area contributed by atoms with Gasteiger partial charge in [-0.2, -0.15) is 0 Å². The highest BCUT2D eigenvalue weighted by molar-refractivity contribution is 5.75. The van der Waals surface area contributed by atoms with Crippen LogP contribution in [-0.2, 0) is 14.1 Å². The third kappa shape index (κ3) is 1.51. The first-order chi connectivity index (χ1) is 8.68. The Kier molecular flexibility index (Phi) is 2.40. The Hall–Kier alpha value is -2.16. The number of nitrogens with zero attached hydrogens (tertiary/aromatic N) is 2. The number of aromatic nitrogens is 2. The summed E-state index contributed by atoms with van der Waals surface area (Å²) in [5, 5.41) is 0. The second-order valence-corrected chi connectivity index (χ2v) is 4.44. The third-order valence-corrected chi connectivity index (χ3v) is 3.32. The fourth-order valence-corrected chi connectivity index (χ4v) is 2.50. The SMILES string of the molecule is Cn1c(-c2cccc(F)c2)[n+](C)c2ccccc21. The topological polar surface area (TPSA) is 8.81 Å². The van der Waals surface area contributed by atoms with Crippen molar-refractivity contribution in [2.75, 3.05) is 0 Å². The first kappa shape index (κ1) is 11.0. The van der Waals surface area contributed by atoms with Crippen LogP contribution in [0.2, 0.25) is 0 Å². The quantitative estimate of drug-likeness (QED) is 0.579. The molecule has 0 bridgehead atoms. The van der Waals surface area contributed by atoms with E-state index >= 15 is 0 Å². The number of hydrogen-bond acceptors (Lipinski definition) is 0. The van der Waals surface area contributed by atoms with Crippen molar-refractivity contribution >= 4 is 11.0 Å². The maximum atomic E-state index is 13.4. The fraction of sp³-hybridized carbons (Fsp3) is 0.133. The van der Waals surface area contributed by atoms with Gasteiger partial charge in [0.25, 0.3) is 5.82 Å². The van der Waals surface area contributed by atoms with Gasteiger partial charge in [0.2, 0.25) is 0 Å². The molecule has 2 nitrogen and oxygen atoms in total. The number of rotatable bonds is 1. The maximum Gasteiger partial charge on any atom is 0.289 e. The van der Waals surface area contributed by atoms with Crippen molar-refractivity contribution in [3.8, 4) is 11.4 Å². The van der Waals surface area contributed by atoms with E-state index in [2.05, 4.69) is 21.3 Å². The summed E-state index contributed by atoms with van der Waals surface area (Å²) >= 11 is 0. The lowest BCUT2D eigenvalue weighted by atomic mass is 10.2. The number of halogens is 1. The molecule has 0 aliphatic heterocycles. The van der Waals surface area contributed by atoms with Crippen LogP contribution in [0.15, 0.2) is 48.5 Å². The zero-order chi connectivity index (χ0) is 12.7. The molecule has 0 N–H and O–H groups in total. The number of para-hydroxylation sites is 2. The Labute approximate surface area is 105 Å². The summed E-state index contributed by atoms with van der Waals surface area (Å²) in [6.45, 7) is 0. The molecule has 1 heterocycles. The van der Waals surface area contributed by atoms with E-state index in [1.165, 1.54) is 6.07 Å².